The molecular weight excluding hydrogens is 274 g/mol. The second kappa shape index (κ2) is 9.13. The van der Waals surface area contributed by atoms with Crippen molar-refractivity contribution in [3.63, 3.8) is 0 Å². The van der Waals surface area contributed by atoms with E-state index in [1.54, 1.807) is 0 Å². The minimum atomic E-state index is 0.399. The molecule has 1 aromatic rings. The van der Waals surface area contributed by atoms with Gasteiger partial charge in [0.25, 0.3) is 0 Å². The standard InChI is InChI=1S/C18H31N3O/c1-4-21(5-2)17(15-20-13-11-19-12-14-20)16-9-7-8-10-18(16)22-6-3/h7-10,17,19H,4-6,11-15H2,1-3H3. The molecule has 0 radical (unpaired) electrons. The molecule has 1 aliphatic rings. The monoisotopic (exact) mass is 305 g/mol. The van der Waals surface area contributed by atoms with E-state index < -0.39 is 0 Å². The van der Waals surface area contributed by atoms with Crippen molar-refractivity contribution >= 4 is 0 Å². The van der Waals surface area contributed by atoms with Gasteiger partial charge in [-0.05, 0) is 26.1 Å². The second-order valence-corrected chi connectivity index (χ2v) is 5.76. The number of benzene rings is 1. The summed E-state index contributed by atoms with van der Waals surface area (Å²) in [4.78, 5) is 5.11. The number of para-hydroxylation sites is 1. The van der Waals surface area contributed by atoms with Crippen LogP contribution < -0.4 is 10.1 Å². The van der Waals surface area contributed by atoms with Crippen molar-refractivity contribution in [2.24, 2.45) is 0 Å². The van der Waals surface area contributed by atoms with Crippen molar-refractivity contribution < 1.29 is 4.74 Å². The van der Waals surface area contributed by atoms with Crippen LogP contribution in [-0.4, -0.2) is 62.2 Å². The Balaban J connectivity index is 2.22. The number of likely N-dealkylation sites (N-methyl/N-ethyl adjacent to an activating group) is 1. The van der Waals surface area contributed by atoms with E-state index in [1.807, 2.05) is 0 Å². The Morgan fingerprint density at radius 1 is 1.14 bits per heavy atom. The van der Waals surface area contributed by atoms with Crippen LogP contribution >= 0.6 is 0 Å². The number of piperazine rings is 1. The summed E-state index contributed by atoms with van der Waals surface area (Å²) < 4.78 is 5.89. The molecule has 1 aromatic carbocycles. The van der Waals surface area contributed by atoms with E-state index in [2.05, 4.69) is 60.2 Å². The maximum atomic E-state index is 5.89. The zero-order chi connectivity index (χ0) is 15.8. The Morgan fingerprint density at radius 3 is 2.45 bits per heavy atom. The highest BCUT2D eigenvalue weighted by atomic mass is 16.5. The molecule has 1 aliphatic heterocycles. The molecule has 1 saturated heterocycles. The molecule has 1 heterocycles. The molecule has 2 rings (SSSR count). The maximum absolute atomic E-state index is 5.89. The highest BCUT2D eigenvalue weighted by molar-refractivity contribution is 5.36. The highest BCUT2D eigenvalue weighted by Crippen LogP contribution is 2.30. The van der Waals surface area contributed by atoms with Gasteiger partial charge in [-0.2, -0.15) is 0 Å². The van der Waals surface area contributed by atoms with Crippen LogP contribution in [0.25, 0.3) is 0 Å². The lowest BCUT2D eigenvalue weighted by molar-refractivity contribution is 0.136. The first-order valence-electron chi connectivity index (χ1n) is 8.68. The van der Waals surface area contributed by atoms with Gasteiger partial charge in [0.1, 0.15) is 5.75 Å². The van der Waals surface area contributed by atoms with Crippen molar-refractivity contribution in [1.82, 2.24) is 15.1 Å². The van der Waals surface area contributed by atoms with Gasteiger partial charge in [-0.15, -0.1) is 0 Å². The summed E-state index contributed by atoms with van der Waals surface area (Å²) in [6, 6.07) is 8.93. The van der Waals surface area contributed by atoms with E-state index in [0.29, 0.717) is 6.04 Å². The molecule has 1 atom stereocenters. The van der Waals surface area contributed by atoms with Crippen molar-refractivity contribution in [2.75, 3.05) is 52.4 Å². The molecule has 124 valence electrons. The minimum Gasteiger partial charge on any atom is -0.494 e. The van der Waals surface area contributed by atoms with E-state index in [0.717, 1.165) is 58.2 Å². The number of nitrogens with zero attached hydrogens (tertiary/aromatic N) is 2. The van der Waals surface area contributed by atoms with Crippen LogP contribution in [0.2, 0.25) is 0 Å². The van der Waals surface area contributed by atoms with Gasteiger partial charge in [-0.3, -0.25) is 9.80 Å². The molecule has 0 aliphatic carbocycles. The molecule has 0 spiro atoms. The SMILES string of the molecule is CCOc1ccccc1C(CN1CCNCC1)N(CC)CC. The minimum absolute atomic E-state index is 0.399. The normalized spacial score (nSPS) is 17.6. The topological polar surface area (TPSA) is 27.7 Å². The van der Waals surface area contributed by atoms with Crippen molar-refractivity contribution in [2.45, 2.75) is 26.8 Å². The van der Waals surface area contributed by atoms with E-state index >= 15 is 0 Å². The molecule has 1 unspecified atom stereocenters. The lowest BCUT2D eigenvalue weighted by Crippen LogP contribution is -2.47. The summed E-state index contributed by atoms with van der Waals surface area (Å²) in [5, 5.41) is 3.44. The Morgan fingerprint density at radius 2 is 1.82 bits per heavy atom. The summed E-state index contributed by atoms with van der Waals surface area (Å²) >= 11 is 0. The third kappa shape index (κ3) is 4.45. The molecule has 1 fully saturated rings. The van der Waals surface area contributed by atoms with Crippen LogP contribution in [0.15, 0.2) is 24.3 Å². The van der Waals surface area contributed by atoms with Gasteiger partial charge in [-0.25, -0.2) is 0 Å². The zero-order valence-electron chi connectivity index (χ0n) is 14.3. The predicted molar refractivity (Wildman–Crippen MR) is 92.6 cm³/mol. The number of hydrogen-bond acceptors (Lipinski definition) is 4. The molecule has 0 saturated carbocycles. The Labute approximate surface area is 135 Å². The number of ether oxygens (including phenoxy) is 1. The molecule has 0 aromatic heterocycles. The first-order chi connectivity index (χ1) is 10.8. The fourth-order valence-corrected chi connectivity index (χ4v) is 3.26. The molecule has 4 heteroatoms. The fraction of sp³-hybridized carbons (Fsp3) is 0.667. The largest absolute Gasteiger partial charge is 0.494 e. The molecule has 0 amide bonds. The molecule has 4 nitrogen and oxygen atoms in total. The maximum Gasteiger partial charge on any atom is 0.124 e. The van der Waals surface area contributed by atoms with Gasteiger partial charge < -0.3 is 10.1 Å². The van der Waals surface area contributed by atoms with E-state index in [-0.39, 0.29) is 0 Å². The molecule has 1 N–H and O–H groups in total. The molecule has 0 bridgehead atoms. The van der Waals surface area contributed by atoms with Crippen LogP contribution in [-0.2, 0) is 0 Å². The summed E-state index contributed by atoms with van der Waals surface area (Å²) in [5.74, 6) is 1.04. The van der Waals surface area contributed by atoms with E-state index in [9.17, 15) is 0 Å². The van der Waals surface area contributed by atoms with Crippen LogP contribution in [0.4, 0.5) is 0 Å². The first-order valence-corrected chi connectivity index (χ1v) is 8.68. The molecule has 22 heavy (non-hydrogen) atoms. The quantitative estimate of drug-likeness (QED) is 0.798. The van der Waals surface area contributed by atoms with Gasteiger partial charge in [0.15, 0.2) is 0 Å². The summed E-state index contributed by atoms with van der Waals surface area (Å²) in [5.41, 5.74) is 1.33. The van der Waals surface area contributed by atoms with Gasteiger partial charge in [-0.1, -0.05) is 32.0 Å². The van der Waals surface area contributed by atoms with Gasteiger partial charge >= 0.3 is 0 Å². The zero-order valence-corrected chi connectivity index (χ0v) is 14.3. The Bertz CT molecular complexity index is 428. The number of rotatable bonds is 8. The van der Waals surface area contributed by atoms with Crippen LogP contribution in [0.3, 0.4) is 0 Å². The van der Waals surface area contributed by atoms with Gasteiger partial charge in [0.2, 0.25) is 0 Å². The smallest absolute Gasteiger partial charge is 0.124 e. The van der Waals surface area contributed by atoms with Crippen molar-refractivity contribution in [3.05, 3.63) is 29.8 Å². The van der Waals surface area contributed by atoms with E-state index in [4.69, 9.17) is 4.74 Å². The third-order valence-corrected chi connectivity index (χ3v) is 4.47. The Kier molecular flexibility index (Phi) is 7.16. The predicted octanol–water partition coefficient (Wildman–Crippen LogP) is 2.37. The summed E-state index contributed by atoms with van der Waals surface area (Å²) in [7, 11) is 0. The number of hydrogen-bond donors (Lipinski definition) is 1. The molecular formula is C18H31N3O. The summed E-state index contributed by atoms with van der Waals surface area (Å²) in [6.45, 7) is 14.9. The van der Waals surface area contributed by atoms with Gasteiger partial charge in [0.05, 0.1) is 12.6 Å². The van der Waals surface area contributed by atoms with Gasteiger partial charge in [0, 0.05) is 38.3 Å². The second-order valence-electron chi connectivity index (χ2n) is 5.76. The van der Waals surface area contributed by atoms with Crippen molar-refractivity contribution in [3.8, 4) is 5.75 Å². The lowest BCUT2D eigenvalue weighted by atomic mass is 10.0. The first kappa shape index (κ1) is 17.3. The number of nitrogens with one attached hydrogen (secondary N) is 1. The third-order valence-electron chi connectivity index (χ3n) is 4.47. The average Bonchev–Trinajstić information content (AvgIpc) is 2.57. The van der Waals surface area contributed by atoms with Crippen molar-refractivity contribution in [1.29, 1.82) is 0 Å². The van der Waals surface area contributed by atoms with E-state index in [1.165, 1.54) is 5.56 Å². The lowest BCUT2D eigenvalue weighted by Gasteiger charge is -2.37. The van der Waals surface area contributed by atoms with Crippen LogP contribution in [0, 0.1) is 0 Å². The van der Waals surface area contributed by atoms with Crippen LogP contribution in [0.1, 0.15) is 32.4 Å². The fourth-order valence-electron chi connectivity index (χ4n) is 3.26. The van der Waals surface area contributed by atoms with Crippen LogP contribution in [0.5, 0.6) is 5.75 Å². The average molecular weight is 305 g/mol. The Hall–Kier alpha value is -1.10. The summed E-state index contributed by atoms with van der Waals surface area (Å²) in [6.07, 6.45) is 0. The highest BCUT2D eigenvalue weighted by Gasteiger charge is 2.24.